The number of nitrogens with two attached hydrogens (primary N) is 1. The van der Waals surface area contributed by atoms with E-state index in [-0.39, 0.29) is 4.90 Å². The Labute approximate surface area is 151 Å². The Hall–Kier alpha value is -2.29. The molecule has 0 unspecified atom stereocenters. The highest BCUT2D eigenvalue weighted by atomic mass is 35.5. The molecule has 0 amide bonds. The highest BCUT2D eigenvalue weighted by molar-refractivity contribution is 7.89. The summed E-state index contributed by atoms with van der Waals surface area (Å²) in [7, 11) is -2.18. The highest BCUT2D eigenvalue weighted by Gasteiger charge is 2.11. The first-order valence-corrected chi connectivity index (χ1v) is 9.20. The van der Waals surface area contributed by atoms with Gasteiger partial charge < -0.3 is 9.47 Å². The minimum absolute atomic E-state index is 0.0325. The van der Waals surface area contributed by atoms with Crippen molar-refractivity contribution >= 4 is 33.5 Å². The third kappa shape index (κ3) is 5.09. The Bertz CT molecular complexity index is 868. The Kier molecular flexibility index (Phi) is 6.24. The van der Waals surface area contributed by atoms with Crippen molar-refractivity contribution in [2.75, 3.05) is 19.1 Å². The number of ether oxygens (including phenoxy) is 2. The number of hydrogen-bond donors (Lipinski definition) is 2. The van der Waals surface area contributed by atoms with Crippen LogP contribution >= 0.6 is 11.6 Å². The van der Waals surface area contributed by atoms with E-state index in [2.05, 4.69) is 10.5 Å². The fourth-order valence-corrected chi connectivity index (χ4v) is 2.79. The maximum absolute atomic E-state index is 11.2. The first-order valence-electron chi connectivity index (χ1n) is 7.27. The second kappa shape index (κ2) is 8.19. The van der Waals surface area contributed by atoms with Gasteiger partial charge in [0.05, 0.1) is 35.5 Å². The van der Waals surface area contributed by atoms with E-state index in [0.717, 1.165) is 0 Å². The Morgan fingerprint density at radius 1 is 1.28 bits per heavy atom. The summed E-state index contributed by atoms with van der Waals surface area (Å²) < 4.78 is 33.1. The van der Waals surface area contributed by atoms with Gasteiger partial charge in [-0.2, -0.15) is 5.10 Å². The van der Waals surface area contributed by atoms with Crippen molar-refractivity contribution in [2.24, 2.45) is 10.2 Å². The first kappa shape index (κ1) is 19.0. The molecule has 0 bridgehead atoms. The maximum atomic E-state index is 11.2. The van der Waals surface area contributed by atoms with Gasteiger partial charge in [-0.3, -0.25) is 5.43 Å². The fourth-order valence-electron chi connectivity index (χ4n) is 2.00. The van der Waals surface area contributed by atoms with E-state index in [1.165, 1.54) is 19.2 Å². The van der Waals surface area contributed by atoms with Crippen molar-refractivity contribution in [1.82, 2.24) is 0 Å². The lowest BCUT2D eigenvalue weighted by molar-refractivity contribution is 0.311. The molecular weight excluding hydrogens is 366 g/mol. The summed E-state index contributed by atoms with van der Waals surface area (Å²) in [6.45, 7) is 2.33. The van der Waals surface area contributed by atoms with Crippen LogP contribution in [-0.4, -0.2) is 28.3 Å². The second-order valence-corrected chi connectivity index (χ2v) is 6.88. The van der Waals surface area contributed by atoms with Crippen LogP contribution in [0.25, 0.3) is 0 Å². The average Bonchev–Trinajstić information content (AvgIpc) is 2.56. The molecule has 0 aliphatic carbocycles. The van der Waals surface area contributed by atoms with Crippen molar-refractivity contribution in [3.05, 3.63) is 47.0 Å². The topological polar surface area (TPSA) is 103 Å². The lowest BCUT2D eigenvalue weighted by Gasteiger charge is -2.11. The van der Waals surface area contributed by atoms with E-state index >= 15 is 0 Å². The molecule has 0 atom stereocenters. The summed E-state index contributed by atoms with van der Waals surface area (Å²) in [5.41, 5.74) is 4.10. The van der Waals surface area contributed by atoms with Crippen LogP contribution in [0.5, 0.6) is 11.5 Å². The maximum Gasteiger partial charge on any atom is 0.238 e. The number of sulfonamides is 1. The summed E-state index contributed by atoms with van der Waals surface area (Å²) in [5.74, 6) is 0.990. The molecule has 0 aromatic heterocycles. The monoisotopic (exact) mass is 383 g/mol. The molecule has 2 aromatic carbocycles. The van der Waals surface area contributed by atoms with E-state index < -0.39 is 10.0 Å². The van der Waals surface area contributed by atoms with Gasteiger partial charge in [-0.25, -0.2) is 13.6 Å². The number of rotatable bonds is 7. The molecular formula is C16H18ClN3O4S. The molecule has 9 heteroatoms. The van der Waals surface area contributed by atoms with Crippen LogP contribution < -0.4 is 20.0 Å². The quantitative estimate of drug-likeness (QED) is 0.565. The zero-order chi connectivity index (χ0) is 18.4. The Morgan fingerprint density at radius 3 is 2.52 bits per heavy atom. The number of hydrogen-bond acceptors (Lipinski definition) is 6. The van der Waals surface area contributed by atoms with Gasteiger partial charge in [0, 0.05) is 0 Å². The van der Waals surface area contributed by atoms with Crippen molar-refractivity contribution in [3.63, 3.8) is 0 Å². The number of nitrogens with zero attached hydrogens (tertiary/aromatic N) is 1. The van der Waals surface area contributed by atoms with Crippen molar-refractivity contribution in [3.8, 4) is 11.5 Å². The summed E-state index contributed by atoms with van der Waals surface area (Å²) >= 11 is 6.19. The van der Waals surface area contributed by atoms with E-state index in [4.69, 9.17) is 26.2 Å². The largest absolute Gasteiger partial charge is 0.493 e. The van der Waals surface area contributed by atoms with Crippen LogP contribution in [-0.2, 0) is 10.0 Å². The highest BCUT2D eigenvalue weighted by Crippen LogP contribution is 2.36. The predicted molar refractivity (Wildman–Crippen MR) is 98.2 cm³/mol. The molecule has 0 spiro atoms. The van der Waals surface area contributed by atoms with Gasteiger partial charge in [-0.1, -0.05) is 11.6 Å². The lowest BCUT2D eigenvalue weighted by atomic mass is 10.2. The Morgan fingerprint density at radius 2 is 1.96 bits per heavy atom. The molecule has 3 N–H and O–H groups in total. The van der Waals surface area contributed by atoms with Crippen LogP contribution in [0, 0.1) is 0 Å². The summed E-state index contributed by atoms with van der Waals surface area (Å²) in [6.07, 6.45) is 1.55. The van der Waals surface area contributed by atoms with Crippen LogP contribution in [0.4, 0.5) is 5.69 Å². The SMILES string of the molecule is CCOc1c(Cl)cc(C=NNc2ccc(S(N)(=O)=O)cc2)cc1OC. The average molecular weight is 384 g/mol. The molecule has 0 heterocycles. The van der Waals surface area contributed by atoms with Crippen molar-refractivity contribution in [1.29, 1.82) is 0 Å². The number of primary sulfonamides is 1. The molecule has 0 saturated heterocycles. The zero-order valence-corrected chi connectivity index (χ0v) is 15.3. The Balaban J connectivity index is 2.13. The third-order valence-electron chi connectivity index (χ3n) is 3.13. The number of nitrogens with one attached hydrogen (secondary N) is 1. The number of halogens is 1. The molecule has 7 nitrogen and oxygen atoms in total. The molecule has 0 radical (unpaired) electrons. The number of hydrazone groups is 1. The fraction of sp³-hybridized carbons (Fsp3) is 0.188. The molecule has 134 valence electrons. The third-order valence-corrected chi connectivity index (χ3v) is 4.34. The molecule has 2 rings (SSSR count). The van der Waals surface area contributed by atoms with E-state index in [0.29, 0.717) is 34.4 Å². The van der Waals surface area contributed by atoms with Gasteiger partial charge in [-0.05, 0) is 48.9 Å². The molecule has 0 aliphatic rings. The lowest BCUT2D eigenvalue weighted by Crippen LogP contribution is -2.11. The van der Waals surface area contributed by atoms with Gasteiger partial charge in [0.25, 0.3) is 0 Å². The van der Waals surface area contributed by atoms with Crippen LogP contribution in [0.2, 0.25) is 5.02 Å². The molecule has 0 saturated carbocycles. The number of benzene rings is 2. The molecule has 0 aliphatic heterocycles. The van der Waals surface area contributed by atoms with Crippen molar-refractivity contribution in [2.45, 2.75) is 11.8 Å². The normalized spacial score (nSPS) is 11.5. The first-order chi connectivity index (χ1) is 11.8. The summed E-state index contributed by atoms with van der Waals surface area (Å²) in [4.78, 5) is 0.0325. The summed E-state index contributed by atoms with van der Waals surface area (Å²) in [5, 5.41) is 9.55. The standard InChI is InChI=1S/C16H18ClN3O4S/c1-3-24-16-14(17)8-11(9-15(16)23-2)10-19-20-12-4-6-13(7-5-12)25(18,21)22/h4-10,20H,3H2,1-2H3,(H2,18,21,22). The summed E-state index contributed by atoms with van der Waals surface area (Å²) in [6, 6.07) is 9.34. The minimum Gasteiger partial charge on any atom is -0.493 e. The van der Waals surface area contributed by atoms with Gasteiger partial charge in [0.15, 0.2) is 11.5 Å². The smallest absolute Gasteiger partial charge is 0.238 e. The predicted octanol–water partition coefficient (Wildman–Crippen LogP) is 2.84. The van der Waals surface area contributed by atoms with Gasteiger partial charge in [-0.15, -0.1) is 0 Å². The van der Waals surface area contributed by atoms with Gasteiger partial charge >= 0.3 is 0 Å². The molecule has 0 fully saturated rings. The van der Waals surface area contributed by atoms with E-state index in [1.54, 1.807) is 30.5 Å². The van der Waals surface area contributed by atoms with Crippen LogP contribution in [0.3, 0.4) is 0 Å². The van der Waals surface area contributed by atoms with E-state index in [1.807, 2.05) is 6.92 Å². The number of anilines is 1. The van der Waals surface area contributed by atoms with Crippen LogP contribution in [0.1, 0.15) is 12.5 Å². The zero-order valence-electron chi connectivity index (χ0n) is 13.7. The second-order valence-electron chi connectivity index (χ2n) is 4.91. The number of methoxy groups -OCH3 is 1. The minimum atomic E-state index is -3.71. The van der Waals surface area contributed by atoms with Gasteiger partial charge in [0.2, 0.25) is 10.0 Å². The van der Waals surface area contributed by atoms with E-state index in [9.17, 15) is 8.42 Å². The molecule has 2 aromatic rings. The van der Waals surface area contributed by atoms with Crippen LogP contribution in [0.15, 0.2) is 46.4 Å². The van der Waals surface area contributed by atoms with Crippen molar-refractivity contribution < 1.29 is 17.9 Å². The molecule has 25 heavy (non-hydrogen) atoms. The van der Waals surface area contributed by atoms with Gasteiger partial charge in [0.1, 0.15) is 0 Å².